The molecule has 0 aliphatic carbocycles. The Morgan fingerprint density at radius 2 is 1.82 bits per heavy atom. The maximum absolute atomic E-state index is 13.3. The van der Waals surface area contributed by atoms with Gasteiger partial charge in [0.15, 0.2) is 15.0 Å². The lowest BCUT2D eigenvalue weighted by atomic mass is 10.1. The van der Waals surface area contributed by atoms with Crippen molar-refractivity contribution >= 4 is 37.9 Å². The van der Waals surface area contributed by atoms with E-state index in [1.54, 1.807) is 12.1 Å². The molecule has 33 heavy (non-hydrogen) atoms. The summed E-state index contributed by atoms with van der Waals surface area (Å²) in [6.45, 7) is 0.737. The normalized spacial score (nSPS) is 15.7. The summed E-state index contributed by atoms with van der Waals surface area (Å²) in [6, 6.07) is 8.80. The Balaban J connectivity index is 1.44. The summed E-state index contributed by atoms with van der Waals surface area (Å²) in [4.78, 5) is 5.86. The highest BCUT2D eigenvalue weighted by molar-refractivity contribution is 7.92. The van der Waals surface area contributed by atoms with E-state index in [-0.39, 0.29) is 17.9 Å². The van der Waals surface area contributed by atoms with E-state index in [0.29, 0.717) is 24.6 Å². The van der Waals surface area contributed by atoms with Crippen LogP contribution in [0.3, 0.4) is 0 Å². The number of alkyl halides is 3. The highest BCUT2D eigenvalue weighted by Gasteiger charge is 2.40. The van der Waals surface area contributed by atoms with Crippen molar-refractivity contribution in [3.63, 3.8) is 0 Å². The van der Waals surface area contributed by atoms with E-state index in [1.165, 1.54) is 29.5 Å². The van der Waals surface area contributed by atoms with Gasteiger partial charge in [0.2, 0.25) is 0 Å². The summed E-state index contributed by atoms with van der Waals surface area (Å²) in [5.74, 6) is -0.491. The molecule has 0 spiro atoms. The van der Waals surface area contributed by atoms with Gasteiger partial charge in [-0.25, -0.2) is 17.8 Å². The monoisotopic (exact) mass is 518 g/mol. The molecule has 0 bridgehead atoms. The predicted octanol–water partition coefficient (Wildman–Crippen LogP) is 5.99. The molecule has 0 unspecified atom stereocenters. The standard InChI is InChI=1S/C22H19ClF4N2O2S2/c23-18-12-14(5-6-19(18)24)11-15-13-32-21(28-15)29-9-7-16(8-10-29)33(30,31)20-4-2-1-3-17(20)22(25,26)27/h1-6,12-13,16H,7-11H2. The zero-order valence-corrected chi connectivity index (χ0v) is 19.5. The average Bonchev–Trinajstić information content (AvgIpc) is 3.24. The van der Waals surface area contributed by atoms with Gasteiger partial charge in [-0.3, -0.25) is 0 Å². The Hall–Kier alpha value is -2.17. The smallest absolute Gasteiger partial charge is 0.348 e. The number of anilines is 1. The van der Waals surface area contributed by atoms with Crippen LogP contribution >= 0.6 is 22.9 Å². The van der Waals surface area contributed by atoms with Gasteiger partial charge in [-0.2, -0.15) is 13.2 Å². The molecule has 1 aliphatic rings. The number of aromatic nitrogens is 1. The third-order valence-corrected chi connectivity index (χ3v) is 9.12. The molecule has 0 atom stereocenters. The van der Waals surface area contributed by atoms with Crippen molar-refractivity contribution in [1.82, 2.24) is 4.98 Å². The quantitative estimate of drug-likeness (QED) is 0.389. The largest absolute Gasteiger partial charge is 0.417 e. The summed E-state index contributed by atoms with van der Waals surface area (Å²) in [7, 11) is -4.13. The number of rotatable bonds is 5. The molecule has 11 heteroatoms. The van der Waals surface area contributed by atoms with Crippen LogP contribution in [0.4, 0.5) is 22.7 Å². The lowest BCUT2D eigenvalue weighted by Gasteiger charge is -2.31. The van der Waals surface area contributed by atoms with Crippen molar-refractivity contribution in [2.45, 2.75) is 35.6 Å². The minimum absolute atomic E-state index is 0.0401. The molecule has 1 fully saturated rings. The van der Waals surface area contributed by atoms with Gasteiger partial charge in [-0.15, -0.1) is 11.3 Å². The fourth-order valence-corrected chi connectivity index (χ4v) is 6.90. The maximum Gasteiger partial charge on any atom is 0.417 e. The van der Waals surface area contributed by atoms with Crippen molar-refractivity contribution in [3.8, 4) is 0 Å². The van der Waals surface area contributed by atoms with Crippen LogP contribution in [0.15, 0.2) is 52.7 Å². The number of hydrogen-bond acceptors (Lipinski definition) is 5. The lowest BCUT2D eigenvalue weighted by molar-refractivity contribution is -0.139. The third kappa shape index (κ3) is 5.17. The number of sulfone groups is 1. The van der Waals surface area contributed by atoms with E-state index < -0.39 is 37.5 Å². The molecule has 2 heterocycles. The number of halogens is 5. The molecule has 2 aromatic carbocycles. The Morgan fingerprint density at radius 3 is 2.48 bits per heavy atom. The number of nitrogens with zero attached hydrogens (tertiary/aromatic N) is 2. The Kier molecular flexibility index (Phi) is 6.70. The number of hydrogen-bond donors (Lipinski definition) is 0. The second-order valence-electron chi connectivity index (χ2n) is 7.77. The fourth-order valence-electron chi connectivity index (χ4n) is 3.87. The van der Waals surface area contributed by atoms with Crippen LogP contribution in [-0.4, -0.2) is 31.7 Å². The highest BCUT2D eigenvalue weighted by atomic mass is 35.5. The molecule has 4 rings (SSSR count). The Labute approximate surface area is 197 Å². The first kappa shape index (κ1) is 24.0. The minimum Gasteiger partial charge on any atom is -0.348 e. The Bertz CT molecular complexity index is 1250. The van der Waals surface area contributed by atoms with Gasteiger partial charge >= 0.3 is 6.18 Å². The van der Waals surface area contributed by atoms with Crippen molar-refractivity contribution in [2.24, 2.45) is 0 Å². The van der Waals surface area contributed by atoms with Crippen LogP contribution in [0.1, 0.15) is 29.7 Å². The summed E-state index contributed by atoms with van der Waals surface area (Å²) < 4.78 is 79.3. The van der Waals surface area contributed by atoms with Gasteiger partial charge in [0.05, 0.1) is 26.4 Å². The van der Waals surface area contributed by atoms with E-state index in [4.69, 9.17) is 11.6 Å². The van der Waals surface area contributed by atoms with E-state index in [2.05, 4.69) is 4.98 Å². The average molecular weight is 519 g/mol. The van der Waals surface area contributed by atoms with Crippen LogP contribution in [0.25, 0.3) is 0 Å². The van der Waals surface area contributed by atoms with Crippen LogP contribution in [0, 0.1) is 5.82 Å². The SMILES string of the molecule is O=S(=O)(c1ccccc1C(F)(F)F)C1CCN(c2nc(Cc3ccc(F)c(Cl)c3)cs2)CC1. The fraction of sp³-hybridized carbons (Fsp3) is 0.318. The van der Waals surface area contributed by atoms with Crippen molar-refractivity contribution < 1.29 is 26.0 Å². The van der Waals surface area contributed by atoms with Crippen molar-refractivity contribution in [3.05, 3.63) is 75.5 Å². The maximum atomic E-state index is 13.3. The molecule has 1 aliphatic heterocycles. The van der Waals surface area contributed by atoms with Crippen LogP contribution in [0.5, 0.6) is 0 Å². The first-order valence-electron chi connectivity index (χ1n) is 10.1. The highest BCUT2D eigenvalue weighted by Crippen LogP contribution is 2.37. The van der Waals surface area contributed by atoms with Crippen molar-refractivity contribution in [2.75, 3.05) is 18.0 Å². The zero-order chi connectivity index (χ0) is 23.8. The zero-order valence-electron chi connectivity index (χ0n) is 17.1. The van der Waals surface area contributed by atoms with Crippen LogP contribution in [-0.2, 0) is 22.4 Å². The number of benzene rings is 2. The molecule has 0 N–H and O–H groups in total. The molecule has 0 amide bonds. The molecule has 0 radical (unpaired) electrons. The number of thiazole rings is 1. The first-order valence-corrected chi connectivity index (χ1v) is 12.9. The van der Waals surface area contributed by atoms with E-state index in [9.17, 15) is 26.0 Å². The van der Waals surface area contributed by atoms with Gasteiger partial charge < -0.3 is 4.90 Å². The van der Waals surface area contributed by atoms with Crippen LogP contribution < -0.4 is 4.90 Å². The summed E-state index contributed by atoms with van der Waals surface area (Å²) in [5.41, 5.74) is 0.454. The number of piperidine rings is 1. The van der Waals surface area contributed by atoms with Crippen LogP contribution in [0.2, 0.25) is 5.02 Å². The van der Waals surface area contributed by atoms with E-state index in [0.717, 1.165) is 23.4 Å². The Morgan fingerprint density at radius 1 is 1.12 bits per heavy atom. The topological polar surface area (TPSA) is 50.3 Å². The molecule has 176 valence electrons. The van der Waals surface area contributed by atoms with E-state index in [1.807, 2.05) is 10.3 Å². The molecule has 4 nitrogen and oxygen atoms in total. The summed E-state index contributed by atoms with van der Waals surface area (Å²) >= 11 is 7.23. The molecule has 0 saturated carbocycles. The predicted molar refractivity (Wildman–Crippen MR) is 120 cm³/mol. The molecule has 3 aromatic rings. The second kappa shape index (κ2) is 9.23. The summed E-state index contributed by atoms with van der Waals surface area (Å²) in [5, 5.41) is 1.73. The molecule has 1 aromatic heterocycles. The molecular weight excluding hydrogens is 500 g/mol. The summed E-state index contributed by atoms with van der Waals surface area (Å²) in [6.07, 6.45) is -3.86. The molecular formula is C22H19ClF4N2O2S2. The van der Waals surface area contributed by atoms with Gasteiger partial charge in [0.25, 0.3) is 0 Å². The lowest BCUT2D eigenvalue weighted by Crippen LogP contribution is -2.39. The minimum atomic E-state index is -4.74. The molecule has 1 saturated heterocycles. The van der Waals surface area contributed by atoms with E-state index >= 15 is 0 Å². The van der Waals surface area contributed by atoms with Gasteiger partial charge in [-0.1, -0.05) is 29.8 Å². The van der Waals surface area contributed by atoms with Gasteiger partial charge in [0.1, 0.15) is 5.82 Å². The second-order valence-corrected chi connectivity index (χ2v) is 11.2. The first-order chi connectivity index (χ1) is 15.6. The van der Waals surface area contributed by atoms with Gasteiger partial charge in [-0.05, 0) is 42.7 Å². The van der Waals surface area contributed by atoms with Gasteiger partial charge in [0, 0.05) is 24.9 Å². The third-order valence-electron chi connectivity index (χ3n) is 5.56. The van der Waals surface area contributed by atoms with Crippen molar-refractivity contribution in [1.29, 1.82) is 0 Å².